The van der Waals surface area contributed by atoms with Gasteiger partial charge in [0.05, 0.1) is 0 Å². The van der Waals surface area contributed by atoms with E-state index in [-0.39, 0.29) is 11.9 Å². The molecular weight excluding hydrogens is 202 g/mol. The topological polar surface area (TPSA) is 46.2 Å². The van der Waals surface area contributed by atoms with Crippen LogP contribution in [-0.2, 0) is 4.79 Å². The summed E-state index contributed by atoms with van der Waals surface area (Å²) in [5.41, 5.74) is 0.0563. The van der Waals surface area contributed by atoms with E-state index in [1.165, 1.54) is 0 Å². The van der Waals surface area contributed by atoms with Gasteiger partial charge in [-0.3, -0.25) is 4.79 Å². The van der Waals surface area contributed by atoms with Gasteiger partial charge >= 0.3 is 0 Å². The molecule has 0 aliphatic rings. The van der Waals surface area contributed by atoms with Gasteiger partial charge in [-0.2, -0.15) is 0 Å². The van der Waals surface area contributed by atoms with E-state index in [0.29, 0.717) is 5.56 Å². The summed E-state index contributed by atoms with van der Waals surface area (Å²) in [6.45, 7) is 5.43. The summed E-state index contributed by atoms with van der Waals surface area (Å²) in [7, 11) is 0. The van der Waals surface area contributed by atoms with Crippen LogP contribution in [0, 0.1) is 5.41 Å². The van der Waals surface area contributed by atoms with Crippen molar-refractivity contribution in [2.75, 3.05) is 0 Å². The molecule has 1 aromatic rings. The van der Waals surface area contributed by atoms with Gasteiger partial charge in [0.15, 0.2) is 0 Å². The van der Waals surface area contributed by atoms with Crippen molar-refractivity contribution >= 4 is 12.2 Å². The van der Waals surface area contributed by atoms with Crippen molar-refractivity contribution < 1.29 is 9.59 Å². The van der Waals surface area contributed by atoms with Crippen molar-refractivity contribution in [3.8, 4) is 0 Å². The monoisotopic (exact) mass is 219 g/mol. The van der Waals surface area contributed by atoms with Crippen molar-refractivity contribution in [1.29, 1.82) is 0 Å². The predicted molar refractivity (Wildman–Crippen MR) is 63.2 cm³/mol. The molecule has 0 aliphatic heterocycles. The molecule has 0 bridgehead atoms. The first-order chi connectivity index (χ1) is 7.47. The zero-order chi connectivity index (χ0) is 12.2. The number of amides is 1. The molecule has 0 saturated heterocycles. The third-order valence-electron chi connectivity index (χ3n) is 2.80. The third-order valence-corrected chi connectivity index (χ3v) is 2.80. The molecule has 0 fully saturated rings. The van der Waals surface area contributed by atoms with Crippen LogP contribution >= 0.6 is 0 Å². The standard InChI is InChI=1S/C13H17NO2/c1-10(13(2,3)9-15)14-12(16)11-7-5-4-6-8-11/h4-10H,1-3H3,(H,14,16). The van der Waals surface area contributed by atoms with Crippen molar-refractivity contribution in [3.05, 3.63) is 35.9 Å². The summed E-state index contributed by atoms with van der Waals surface area (Å²) in [6.07, 6.45) is 0.864. The maximum absolute atomic E-state index is 11.8. The van der Waals surface area contributed by atoms with Crippen LogP contribution in [-0.4, -0.2) is 18.2 Å². The highest BCUT2D eigenvalue weighted by Gasteiger charge is 2.26. The lowest BCUT2D eigenvalue weighted by atomic mass is 9.87. The summed E-state index contributed by atoms with van der Waals surface area (Å²) in [5, 5.41) is 2.82. The lowest BCUT2D eigenvalue weighted by Gasteiger charge is -2.26. The molecule has 1 unspecified atom stereocenters. The number of nitrogens with one attached hydrogen (secondary N) is 1. The first kappa shape index (κ1) is 12.4. The molecule has 1 aromatic carbocycles. The molecule has 0 radical (unpaired) electrons. The Hall–Kier alpha value is -1.64. The minimum atomic E-state index is -0.551. The number of carbonyl (C=O) groups excluding carboxylic acids is 2. The predicted octanol–water partition coefficient (Wildman–Crippen LogP) is 2.03. The highest BCUT2D eigenvalue weighted by molar-refractivity contribution is 5.94. The van der Waals surface area contributed by atoms with Crippen LogP contribution in [0.2, 0.25) is 0 Å². The van der Waals surface area contributed by atoms with E-state index in [1.54, 1.807) is 26.0 Å². The van der Waals surface area contributed by atoms with Crippen LogP contribution in [0.3, 0.4) is 0 Å². The van der Waals surface area contributed by atoms with Crippen molar-refractivity contribution in [2.24, 2.45) is 5.41 Å². The van der Waals surface area contributed by atoms with Gasteiger partial charge in [-0.15, -0.1) is 0 Å². The third kappa shape index (κ3) is 2.92. The molecule has 1 N–H and O–H groups in total. The summed E-state index contributed by atoms with van der Waals surface area (Å²) < 4.78 is 0. The molecule has 0 saturated carbocycles. The van der Waals surface area contributed by atoms with E-state index in [2.05, 4.69) is 5.32 Å². The van der Waals surface area contributed by atoms with Crippen LogP contribution in [0.4, 0.5) is 0 Å². The maximum atomic E-state index is 11.8. The Morgan fingerprint density at radius 1 is 1.31 bits per heavy atom. The van der Waals surface area contributed by atoms with E-state index in [0.717, 1.165) is 6.29 Å². The molecule has 3 nitrogen and oxygen atoms in total. The van der Waals surface area contributed by atoms with Crippen LogP contribution < -0.4 is 5.32 Å². The quantitative estimate of drug-likeness (QED) is 0.787. The average molecular weight is 219 g/mol. The number of hydrogen-bond acceptors (Lipinski definition) is 2. The Kier molecular flexibility index (Phi) is 3.82. The van der Waals surface area contributed by atoms with Gasteiger partial charge in [-0.05, 0) is 19.1 Å². The fraction of sp³-hybridized carbons (Fsp3) is 0.385. The normalized spacial score (nSPS) is 12.9. The zero-order valence-electron chi connectivity index (χ0n) is 9.86. The second kappa shape index (κ2) is 4.92. The second-order valence-electron chi connectivity index (χ2n) is 4.50. The van der Waals surface area contributed by atoms with Gasteiger partial charge in [0.25, 0.3) is 5.91 Å². The van der Waals surface area contributed by atoms with Crippen molar-refractivity contribution in [3.63, 3.8) is 0 Å². The van der Waals surface area contributed by atoms with Crippen LogP contribution in [0.25, 0.3) is 0 Å². The van der Waals surface area contributed by atoms with Crippen LogP contribution in [0.1, 0.15) is 31.1 Å². The van der Waals surface area contributed by atoms with Gasteiger partial charge in [-0.25, -0.2) is 0 Å². The van der Waals surface area contributed by atoms with E-state index in [4.69, 9.17) is 0 Å². The van der Waals surface area contributed by atoms with E-state index in [9.17, 15) is 9.59 Å². The first-order valence-electron chi connectivity index (χ1n) is 5.29. The SMILES string of the molecule is CC(NC(=O)c1ccccc1)C(C)(C)C=O. The number of hydrogen-bond donors (Lipinski definition) is 1. The van der Waals surface area contributed by atoms with E-state index < -0.39 is 5.41 Å². The highest BCUT2D eigenvalue weighted by atomic mass is 16.1. The van der Waals surface area contributed by atoms with Gasteiger partial charge in [-0.1, -0.05) is 32.0 Å². The summed E-state index contributed by atoms with van der Waals surface area (Å²) >= 11 is 0. The summed E-state index contributed by atoms with van der Waals surface area (Å²) in [6, 6.07) is 8.77. The molecule has 86 valence electrons. The Bertz CT molecular complexity index is 371. The fourth-order valence-corrected chi connectivity index (χ4v) is 1.16. The number of rotatable bonds is 4. The van der Waals surface area contributed by atoms with E-state index >= 15 is 0 Å². The molecule has 0 aliphatic carbocycles. The molecule has 0 aromatic heterocycles. The maximum Gasteiger partial charge on any atom is 0.251 e. The van der Waals surface area contributed by atoms with Gasteiger partial charge < -0.3 is 10.1 Å². The number of carbonyl (C=O) groups is 2. The van der Waals surface area contributed by atoms with Crippen molar-refractivity contribution in [1.82, 2.24) is 5.32 Å². The van der Waals surface area contributed by atoms with Gasteiger partial charge in [0, 0.05) is 17.0 Å². The Morgan fingerprint density at radius 2 is 1.88 bits per heavy atom. The van der Waals surface area contributed by atoms with Crippen molar-refractivity contribution in [2.45, 2.75) is 26.8 Å². The fourth-order valence-electron chi connectivity index (χ4n) is 1.16. The molecule has 0 heterocycles. The minimum Gasteiger partial charge on any atom is -0.349 e. The molecule has 1 atom stereocenters. The average Bonchev–Trinajstić information content (AvgIpc) is 2.30. The first-order valence-corrected chi connectivity index (χ1v) is 5.29. The minimum absolute atomic E-state index is 0.150. The largest absolute Gasteiger partial charge is 0.349 e. The highest BCUT2D eigenvalue weighted by Crippen LogP contribution is 2.17. The second-order valence-corrected chi connectivity index (χ2v) is 4.50. The molecule has 1 rings (SSSR count). The van der Waals surface area contributed by atoms with Gasteiger partial charge in [0.1, 0.15) is 6.29 Å². The molecule has 16 heavy (non-hydrogen) atoms. The van der Waals surface area contributed by atoms with E-state index in [1.807, 2.05) is 25.1 Å². The summed E-state index contributed by atoms with van der Waals surface area (Å²) in [4.78, 5) is 22.6. The number of benzene rings is 1. The lowest BCUT2D eigenvalue weighted by molar-refractivity contribution is -0.115. The van der Waals surface area contributed by atoms with Gasteiger partial charge in [0.2, 0.25) is 0 Å². The Labute approximate surface area is 95.9 Å². The molecule has 3 heteroatoms. The number of aldehydes is 1. The molecular formula is C13H17NO2. The molecule has 0 spiro atoms. The Morgan fingerprint density at radius 3 is 2.38 bits per heavy atom. The smallest absolute Gasteiger partial charge is 0.251 e. The zero-order valence-corrected chi connectivity index (χ0v) is 9.86. The lowest BCUT2D eigenvalue weighted by Crippen LogP contribution is -2.43. The summed E-state index contributed by atoms with van der Waals surface area (Å²) in [5.74, 6) is -0.150. The molecule has 1 amide bonds. The van der Waals surface area contributed by atoms with Crippen LogP contribution in [0.15, 0.2) is 30.3 Å². The van der Waals surface area contributed by atoms with Crippen LogP contribution in [0.5, 0.6) is 0 Å². The Balaban J connectivity index is 2.69.